The van der Waals surface area contributed by atoms with Crippen molar-refractivity contribution in [3.05, 3.63) is 83.3 Å². The van der Waals surface area contributed by atoms with Crippen molar-refractivity contribution in [3.8, 4) is 0 Å². The highest BCUT2D eigenvalue weighted by molar-refractivity contribution is 7.92. The van der Waals surface area contributed by atoms with Gasteiger partial charge in [0.1, 0.15) is 11.6 Å². The Kier molecular flexibility index (Phi) is 6.55. The van der Waals surface area contributed by atoms with Crippen LogP contribution in [0, 0.1) is 12.7 Å². The van der Waals surface area contributed by atoms with Crippen LogP contribution in [0.5, 0.6) is 0 Å². The molecule has 7 nitrogen and oxygen atoms in total. The van der Waals surface area contributed by atoms with Gasteiger partial charge in [-0.25, -0.2) is 17.8 Å². The topological polar surface area (TPSA) is 91.4 Å². The number of aromatic nitrogens is 1. The van der Waals surface area contributed by atoms with E-state index in [2.05, 4.69) is 15.0 Å². The first-order valence-corrected chi connectivity index (χ1v) is 10.9. The lowest BCUT2D eigenvalue weighted by Crippen LogP contribution is -2.24. The summed E-state index contributed by atoms with van der Waals surface area (Å²) in [6, 6.07) is 13.4. The fourth-order valence-corrected chi connectivity index (χ4v) is 3.92. The molecule has 3 aromatic rings. The van der Waals surface area contributed by atoms with Gasteiger partial charge in [-0.2, -0.15) is 0 Å². The second kappa shape index (κ2) is 9.13. The average Bonchev–Trinajstić information content (AvgIpc) is 2.74. The monoisotopic (exact) mass is 442 g/mol. The van der Waals surface area contributed by atoms with Gasteiger partial charge < -0.3 is 10.2 Å². The van der Waals surface area contributed by atoms with E-state index in [0.717, 1.165) is 17.4 Å². The summed E-state index contributed by atoms with van der Waals surface area (Å²) in [5.74, 6) is -0.312. The third kappa shape index (κ3) is 5.37. The zero-order chi connectivity index (χ0) is 22.6. The molecule has 1 amide bonds. The maximum absolute atomic E-state index is 13.8. The van der Waals surface area contributed by atoms with Gasteiger partial charge in [0.05, 0.1) is 10.6 Å². The van der Waals surface area contributed by atoms with Gasteiger partial charge in [-0.1, -0.05) is 24.3 Å². The summed E-state index contributed by atoms with van der Waals surface area (Å²) < 4.78 is 41.4. The molecule has 2 N–H and O–H groups in total. The number of carbonyl (C=O) groups excluding carboxylic acids is 1. The molecule has 3 rings (SSSR count). The van der Waals surface area contributed by atoms with Crippen LogP contribution in [0.1, 0.15) is 21.5 Å². The minimum Gasteiger partial charge on any atom is -0.363 e. The van der Waals surface area contributed by atoms with Crippen LogP contribution in [0.4, 0.5) is 15.9 Å². The summed E-state index contributed by atoms with van der Waals surface area (Å²) in [7, 11) is -0.306. The van der Waals surface area contributed by atoms with E-state index in [1.54, 1.807) is 13.1 Å². The van der Waals surface area contributed by atoms with Crippen molar-refractivity contribution in [2.75, 3.05) is 23.7 Å². The molecule has 0 atom stereocenters. The Bertz CT molecular complexity index is 1200. The molecule has 0 aliphatic rings. The largest absolute Gasteiger partial charge is 0.363 e. The molecule has 162 valence electrons. The quantitative estimate of drug-likeness (QED) is 0.586. The smallest absolute Gasteiger partial charge is 0.262 e. The highest BCUT2D eigenvalue weighted by Gasteiger charge is 2.19. The third-order valence-corrected chi connectivity index (χ3v) is 5.97. The lowest BCUT2D eigenvalue weighted by Gasteiger charge is -2.13. The lowest BCUT2D eigenvalue weighted by atomic mass is 10.1. The van der Waals surface area contributed by atoms with Gasteiger partial charge in [0, 0.05) is 32.4 Å². The van der Waals surface area contributed by atoms with E-state index in [-0.39, 0.29) is 22.7 Å². The van der Waals surface area contributed by atoms with E-state index in [9.17, 15) is 17.6 Å². The molecule has 0 fully saturated rings. The second-order valence-electron chi connectivity index (χ2n) is 7.16. The van der Waals surface area contributed by atoms with E-state index in [4.69, 9.17) is 0 Å². The summed E-state index contributed by atoms with van der Waals surface area (Å²) in [4.78, 5) is 18.7. The Balaban J connectivity index is 1.76. The number of amides is 1. The minimum absolute atomic E-state index is 0.136. The Hall–Kier alpha value is -3.46. The number of para-hydroxylation sites is 1. The van der Waals surface area contributed by atoms with E-state index in [0.29, 0.717) is 5.56 Å². The number of halogens is 1. The number of nitrogens with one attached hydrogen (secondary N) is 2. The Morgan fingerprint density at radius 3 is 2.48 bits per heavy atom. The fraction of sp³-hybridized carbons (Fsp3) is 0.182. The molecular formula is C22H23FN4O3S. The molecule has 31 heavy (non-hydrogen) atoms. The molecule has 2 aromatic carbocycles. The van der Waals surface area contributed by atoms with Gasteiger partial charge in [-0.3, -0.25) is 9.52 Å². The van der Waals surface area contributed by atoms with Gasteiger partial charge in [-0.15, -0.1) is 0 Å². The number of aryl methyl sites for hydroxylation is 1. The summed E-state index contributed by atoms with van der Waals surface area (Å²) in [5.41, 5.74) is 1.47. The fourth-order valence-electron chi connectivity index (χ4n) is 2.82. The van der Waals surface area contributed by atoms with Crippen molar-refractivity contribution in [1.82, 2.24) is 10.3 Å². The van der Waals surface area contributed by atoms with Gasteiger partial charge in [-0.05, 0) is 48.4 Å². The van der Waals surface area contributed by atoms with Crippen LogP contribution in [0.25, 0.3) is 0 Å². The first-order chi connectivity index (χ1) is 14.7. The molecule has 0 aliphatic heterocycles. The first-order valence-electron chi connectivity index (χ1n) is 9.46. The van der Waals surface area contributed by atoms with Crippen molar-refractivity contribution < 1.29 is 17.6 Å². The highest BCUT2D eigenvalue weighted by atomic mass is 32.2. The van der Waals surface area contributed by atoms with E-state index >= 15 is 0 Å². The van der Waals surface area contributed by atoms with Gasteiger partial charge in [0.15, 0.2) is 0 Å². The number of benzene rings is 2. The Labute approximate surface area is 181 Å². The Morgan fingerprint density at radius 2 is 1.84 bits per heavy atom. The molecule has 0 radical (unpaired) electrons. The molecule has 0 saturated heterocycles. The second-order valence-corrected chi connectivity index (χ2v) is 8.85. The average molecular weight is 443 g/mol. The van der Waals surface area contributed by atoms with Crippen LogP contribution in [0.2, 0.25) is 0 Å². The normalized spacial score (nSPS) is 11.1. The van der Waals surface area contributed by atoms with Crippen molar-refractivity contribution in [2.24, 2.45) is 0 Å². The molecule has 1 heterocycles. The molecule has 0 saturated carbocycles. The summed E-state index contributed by atoms with van der Waals surface area (Å²) in [6.07, 6.45) is 1.67. The standard InChI is InChI=1S/C22H23FN4O3S/c1-15-8-10-17(31(29,30)26-20-7-5-4-6-19(20)23)12-18(15)22(28)25-14-16-9-11-21(24-13-16)27(2)3/h4-13,26H,14H2,1-3H3,(H,25,28). The summed E-state index contributed by atoms with van der Waals surface area (Å²) >= 11 is 0. The van der Waals surface area contributed by atoms with Crippen LogP contribution in [0.3, 0.4) is 0 Å². The van der Waals surface area contributed by atoms with E-state index in [1.807, 2.05) is 31.1 Å². The van der Waals surface area contributed by atoms with Crippen LogP contribution in [-0.4, -0.2) is 33.4 Å². The summed E-state index contributed by atoms with van der Waals surface area (Å²) in [6.45, 7) is 1.95. The molecular weight excluding hydrogens is 419 g/mol. The van der Waals surface area contributed by atoms with Gasteiger partial charge in [0.25, 0.3) is 15.9 Å². The van der Waals surface area contributed by atoms with Crippen molar-refractivity contribution in [2.45, 2.75) is 18.4 Å². The third-order valence-electron chi connectivity index (χ3n) is 4.60. The van der Waals surface area contributed by atoms with Gasteiger partial charge in [0.2, 0.25) is 0 Å². The number of hydrogen-bond acceptors (Lipinski definition) is 5. The van der Waals surface area contributed by atoms with Crippen LogP contribution in [-0.2, 0) is 16.6 Å². The predicted molar refractivity (Wildman–Crippen MR) is 118 cm³/mol. The maximum atomic E-state index is 13.8. The number of hydrogen-bond donors (Lipinski definition) is 2. The zero-order valence-corrected chi connectivity index (χ0v) is 18.2. The molecule has 0 aliphatic carbocycles. The first kappa shape index (κ1) is 22.2. The number of rotatable bonds is 7. The van der Waals surface area contributed by atoms with Crippen LogP contribution >= 0.6 is 0 Å². The number of nitrogens with zero attached hydrogens (tertiary/aromatic N) is 2. The molecule has 9 heteroatoms. The van der Waals surface area contributed by atoms with Crippen molar-refractivity contribution in [1.29, 1.82) is 0 Å². The van der Waals surface area contributed by atoms with Crippen molar-refractivity contribution in [3.63, 3.8) is 0 Å². The molecule has 1 aromatic heterocycles. The minimum atomic E-state index is -4.07. The summed E-state index contributed by atoms with van der Waals surface area (Å²) in [5, 5.41) is 2.77. The van der Waals surface area contributed by atoms with Gasteiger partial charge >= 0.3 is 0 Å². The number of pyridine rings is 1. The molecule has 0 unspecified atom stereocenters. The van der Waals surface area contributed by atoms with Crippen molar-refractivity contribution >= 4 is 27.4 Å². The maximum Gasteiger partial charge on any atom is 0.262 e. The highest BCUT2D eigenvalue weighted by Crippen LogP contribution is 2.21. The number of anilines is 2. The number of sulfonamides is 1. The number of carbonyl (C=O) groups is 1. The van der Waals surface area contributed by atoms with Crippen LogP contribution < -0.4 is 14.9 Å². The SMILES string of the molecule is Cc1ccc(S(=O)(=O)Nc2ccccc2F)cc1C(=O)NCc1ccc(N(C)C)nc1. The van der Waals surface area contributed by atoms with E-state index < -0.39 is 21.7 Å². The molecule has 0 bridgehead atoms. The molecule has 0 spiro atoms. The predicted octanol–water partition coefficient (Wildman–Crippen LogP) is 3.33. The van der Waals surface area contributed by atoms with E-state index in [1.165, 1.54) is 36.4 Å². The van der Waals surface area contributed by atoms with Crippen LogP contribution in [0.15, 0.2) is 65.7 Å². The zero-order valence-electron chi connectivity index (χ0n) is 17.4. The lowest BCUT2D eigenvalue weighted by molar-refractivity contribution is 0.0950. The Morgan fingerprint density at radius 1 is 1.10 bits per heavy atom.